The number of aryl methyl sites for hydroxylation is 3. The summed E-state index contributed by atoms with van der Waals surface area (Å²) in [5.74, 6) is -0.845. The van der Waals surface area contributed by atoms with Gasteiger partial charge < -0.3 is 10.2 Å². The van der Waals surface area contributed by atoms with Crippen molar-refractivity contribution < 1.29 is 18.0 Å². The SMILES string of the molecule is CCCNC(=O)[C@H](C)N(Cc1ccccc1Cl)C(=O)CN(c1cc(C)ccc1C)S(=O)(=O)c1ccc(C)cc1. The third kappa shape index (κ3) is 7.40. The average molecular weight is 570 g/mol. The van der Waals surface area contributed by atoms with Crippen LogP contribution in [0.5, 0.6) is 0 Å². The predicted octanol–water partition coefficient (Wildman–Crippen LogP) is 5.40. The Kier molecular flexibility index (Phi) is 10.2. The van der Waals surface area contributed by atoms with Gasteiger partial charge in [0.2, 0.25) is 11.8 Å². The molecule has 0 fully saturated rings. The highest BCUT2D eigenvalue weighted by atomic mass is 35.5. The molecule has 3 aromatic rings. The molecule has 1 atom stereocenters. The first kappa shape index (κ1) is 30.2. The minimum Gasteiger partial charge on any atom is -0.354 e. The molecular weight excluding hydrogens is 534 g/mol. The molecule has 0 aliphatic heterocycles. The van der Waals surface area contributed by atoms with E-state index in [1.807, 2.05) is 32.9 Å². The molecule has 7 nitrogen and oxygen atoms in total. The highest BCUT2D eigenvalue weighted by molar-refractivity contribution is 7.92. The van der Waals surface area contributed by atoms with Crippen LogP contribution in [-0.4, -0.2) is 44.3 Å². The van der Waals surface area contributed by atoms with Gasteiger partial charge in [0.1, 0.15) is 12.6 Å². The molecule has 39 heavy (non-hydrogen) atoms. The number of benzene rings is 3. The van der Waals surface area contributed by atoms with Gasteiger partial charge in [-0.1, -0.05) is 66.6 Å². The van der Waals surface area contributed by atoms with Gasteiger partial charge in [0, 0.05) is 18.1 Å². The Hall–Kier alpha value is -3.36. The molecule has 0 bridgehead atoms. The molecule has 208 valence electrons. The Balaban J connectivity index is 2.07. The third-order valence-corrected chi connectivity index (χ3v) is 8.68. The number of nitrogens with zero attached hydrogens (tertiary/aromatic N) is 2. The zero-order chi connectivity index (χ0) is 28.7. The molecule has 0 radical (unpaired) electrons. The van der Waals surface area contributed by atoms with Crippen molar-refractivity contribution in [3.63, 3.8) is 0 Å². The first-order chi connectivity index (χ1) is 18.4. The standard InChI is InChI=1S/C30H36ClN3O4S/c1-6-17-32-30(36)24(5)33(19-25-9-7-8-10-27(25)31)29(35)20-34(28-18-22(3)11-14-23(28)4)39(37,38)26-15-12-21(2)13-16-26/h7-16,18,24H,6,17,19-20H2,1-5H3,(H,32,36)/t24-/m0/s1. The topological polar surface area (TPSA) is 86.8 Å². The molecule has 0 heterocycles. The summed E-state index contributed by atoms with van der Waals surface area (Å²) >= 11 is 6.40. The fourth-order valence-electron chi connectivity index (χ4n) is 4.13. The first-order valence-electron chi connectivity index (χ1n) is 12.9. The van der Waals surface area contributed by atoms with Gasteiger partial charge in [0.25, 0.3) is 10.0 Å². The maximum atomic E-state index is 14.0. The molecule has 0 saturated heterocycles. The number of rotatable bonds is 11. The van der Waals surface area contributed by atoms with E-state index in [9.17, 15) is 18.0 Å². The van der Waals surface area contributed by atoms with Crippen molar-refractivity contribution in [3.05, 3.63) is 94.0 Å². The number of hydrogen-bond donors (Lipinski definition) is 1. The minimum atomic E-state index is -4.12. The van der Waals surface area contributed by atoms with Crippen molar-refractivity contribution in [1.82, 2.24) is 10.2 Å². The van der Waals surface area contributed by atoms with Gasteiger partial charge in [-0.2, -0.15) is 0 Å². The number of carbonyl (C=O) groups excluding carboxylic acids is 2. The number of halogens is 1. The van der Waals surface area contributed by atoms with E-state index in [0.717, 1.165) is 21.9 Å². The van der Waals surface area contributed by atoms with Gasteiger partial charge in [-0.15, -0.1) is 0 Å². The lowest BCUT2D eigenvalue weighted by Crippen LogP contribution is -2.51. The van der Waals surface area contributed by atoms with Crippen LogP contribution in [0.25, 0.3) is 0 Å². The smallest absolute Gasteiger partial charge is 0.264 e. The van der Waals surface area contributed by atoms with Crippen LogP contribution in [0, 0.1) is 20.8 Å². The molecule has 3 rings (SSSR count). The van der Waals surface area contributed by atoms with E-state index < -0.39 is 28.5 Å². The fraction of sp³-hybridized carbons (Fsp3) is 0.333. The van der Waals surface area contributed by atoms with Gasteiger partial charge in [-0.3, -0.25) is 13.9 Å². The summed E-state index contributed by atoms with van der Waals surface area (Å²) in [6.45, 7) is 9.14. The molecule has 0 spiro atoms. The van der Waals surface area contributed by atoms with Crippen LogP contribution in [0.15, 0.2) is 71.6 Å². The molecule has 0 unspecified atom stereocenters. The van der Waals surface area contributed by atoms with Gasteiger partial charge in [0.15, 0.2) is 0 Å². The summed E-state index contributed by atoms with van der Waals surface area (Å²) in [5.41, 5.74) is 3.54. The molecule has 0 aromatic heterocycles. The quantitative estimate of drug-likeness (QED) is 0.335. The lowest BCUT2D eigenvalue weighted by molar-refractivity contribution is -0.139. The third-order valence-electron chi connectivity index (χ3n) is 6.54. The van der Waals surface area contributed by atoms with Crippen LogP contribution in [-0.2, 0) is 26.2 Å². The number of amides is 2. The summed E-state index contributed by atoms with van der Waals surface area (Å²) in [4.78, 5) is 28.4. The number of hydrogen-bond acceptors (Lipinski definition) is 4. The lowest BCUT2D eigenvalue weighted by atomic mass is 10.1. The maximum absolute atomic E-state index is 14.0. The Bertz CT molecular complexity index is 1420. The van der Waals surface area contributed by atoms with E-state index in [1.165, 1.54) is 17.0 Å². The Morgan fingerprint density at radius 3 is 2.23 bits per heavy atom. The molecule has 0 aliphatic rings. The van der Waals surface area contributed by atoms with Crippen molar-refractivity contribution in [2.45, 2.75) is 58.5 Å². The van der Waals surface area contributed by atoms with Gasteiger partial charge >= 0.3 is 0 Å². The number of nitrogens with one attached hydrogen (secondary N) is 1. The van der Waals surface area contributed by atoms with E-state index in [4.69, 9.17) is 11.6 Å². The largest absolute Gasteiger partial charge is 0.354 e. The zero-order valence-corrected chi connectivity index (χ0v) is 24.6. The lowest BCUT2D eigenvalue weighted by Gasteiger charge is -2.32. The molecule has 0 aliphatic carbocycles. The maximum Gasteiger partial charge on any atom is 0.264 e. The van der Waals surface area contributed by atoms with E-state index in [0.29, 0.717) is 28.4 Å². The van der Waals surface area contributed by atoms with Gasteiger partial charge in [0.05, 0.1) is 10.6 Å². The summed E-state index contributed by atoms with van der Waals surface area (Å²) < 4.78 is 29.1. The molecule has 1 N–H and O–H groups in total. The first-order valence-corrected chi connectivity index (χ1v) is 14.7. The minimum absolute atomic E-state index is 0.0461. The monoisotopic (exact) mass is 569 g/mol. The van der Waals surface area contributed by atoms with Crippen LogP contribution in [0.4, 0.5) is 5.69 Å². The van der Waals surface area contributed by atoms with E-state index >= 15 is 0 Å². The predicted molar refractivity (Wildman–Crippen MR) is 156 cm³/mol. The van der Waals surface area contributed by atoms with Crippen LogP contribution >= 0.6 is 11.6 Å². The average Bonchev–Trinajstić information content (AvgIpc) is 2.91. The molecule has 3 aromatic carbocycles. The number of anilines is 1. The Morgan fingerprint density at radius 1 is 0.949 bits per heavy atom. The van der Waals surface area contributed by atoms with Crippen molar-refractivity contribution in [1.29, 1.82) is 0 Å². The van der Waals surface area contributed by atoms with E-state index in [1.54, 1.807) is 56.3 Å². The Labute approximate surface area is 236 Å². The van der Waals surface area contributed by atoms with E-state index in [2.05, 4.69) is 5.32 Å². The normalized spacial score (nSPS) is 12.1. The van der Waals surface area contributed by atoms with Crippen LogP contribution in [0.2, 0.25) is 5.02 Å². The van der Waals surface area contributed by atoms with Crippen LogP contribution in [0.3, 0.4) is 0 Å². The second kappa shape index (κ2) is 13.1. The number of carbonyl (C=O) groups is 2. The fourth-order valence-corrected chi connectivity index (χ4v) is 5.79. The second-order valence-electron chi connectivity index (χ2n) is 9.69. The highest BCUT2D eigenvalue weighted by Crippen LogP contribution is 2.29. The second-order valence-corrected chi connectivity index (χ2v) is 12.0. The van der Waals surface area contributed by atoms with Crippen molar-refractivity contribution in [2.24, 2.45) is 0 Å². The van der Waals surface area contributed by atoms with Crippen LogP contribution in [0.1, 0.15) is 42.5 Å². The Morgan fingerprint density at radius 2 is 1.59 bits per heavy atom. The zero-order valence-electron chi connectivity index (χ0n) is 23.1. The number of sulfonamides is 1. The highest BCUT2D eigenvalue weighted by Gasteiger charge is 2.33. The summed E-state index contributed by atoms with van der Waals surface area (Å²) in [6, 6.07) is 18.2. The summed E-state index contributed by atoms with van der Waals surface area (Å²) in [7, 11) is -4.12. The van der Waals surface area contributed by atoms with Crippen molar-refractivity contribution in [3.8, 4) is 0 Å². The molecular formula is C30H36ClN3O4S. The van der Waals surface area contributed by atoms with Crippen molar-refractivity contribution >= 4 is 39.1 Å². The molecule has 0 saturated carbocycles. The summed E-state index contributed by atoms with van der Waals surface area (Å²) in [5, 5.41) is 3.29. The van der Waals surface area contributed by atoms with Gasteiger partial charge in [-0.05, 0) is 75.1 Å². The molecule has 9 heteroatoms. The summed E-state index contributed by atoms with van der Waals surface area (Å²) in [6.07, 6.45) is 0.742. The molecule has 2 amide bonds. The van der Waals surface area contributed by atoms with E-state index in [-0.39, 0.29) is 17.3 Å². The van der Waals surface area contributed by atoms with Crippen LogP contribution < -0.4 is 9.62 Å². The van der Waals surface area contributed by atoms with Gasteiger partial charge in [-0.25, -0.2) is 8.42 Å². The van der Waals surface area contributed by atoms with Crippen molar-refractivity contribution in [2.75, 3.05) is 17.4 Å².